The molecule has 1 aromatic rings. The Morgan fingerprint density at radius 2 is 1.68 bits per heavy atom. The third kappa shape index (κ3) is 8.08. The van der Waals surface area contributed by atoms with Crippen LogP contribution in [0.4, 0.5) is 14.0 Å². The number of hydrogen-bond donors (Lipinski definition) is 2. The summed E-state index contributed by atoms with van der Waals surface area (Å²) in [6.07, 6.45) is -4.11. The third-order valence-electron chi connectivity index (χ3n) is 4.96. The zero-order valence-electron chi connectivity index (χ0n) is 20.2. The number of phosphoric acid groups is 1. The van der Waals surface area contributed by atoms with Crippen LogP contribution in [0.5, 0.6) is 0 Å². The number of nitrogens with one attached hydrogen (secondary N) is 1. The smallest absolute Gasteiger partial charge is 0.435 e. The van der Waals surface area contributed by atoms with Gasteiger partial charge in [0.15, 0.2) is 0 Å². The lowest BCUT2D eigenvalue weighted by Crippen LogP contribution is -2.47. The van der Waals surface area contributed by atoms with Crippen LogP contribution in [0, 0.1) is 5.92 Å². The van der Waals surface area contributed by atoms with E-state index >= 15 is 0 Å². The lowest BCUT2D eigenvalue weighted by molar-refractivity contribution is -0.140. The number of nitrogens with zero attached hydrogens (tertiary/aromatic N) is 1. The standard InChI is InChI=1S/C19H28FN2O14P/c1-4-29-17(26)31-10-34-37(28,35-11-32-18(27)30-5-2)33-9-19(8-20)14(24)12(3)15(36-19)22-7-6-13(23)21-16(22)25/h6-7,12,14-15,24H,4-5,8-11H2,1-3H3,(H,21,23,25). The van der Waals surface area contributed by atoms with E-state index in [9.17, 15) is 33.2 Å². The molecule has 1 fully saturated rings. The fourth-order valence-corrected chi connectivity index (χ4v) is 4.12. The molecule has 0 saturated carbocycles. The molecular formula is C19H28FN2O14P. The fraction of sp³-hybridized carbons (Fsp3) is 0.684. The number of aliphatic hydroxyl groups is 1. The molecule has 0 aromatic carbocycles. The summed E-state index contributed by atoms with van der Waals surface area (Å²) in [6.45, 7) is 0.0462. The van der Waals surface area contributed by atoms with Crippen LogP contribution in [0.2, 0.25) is 0 Å². The van der Waals surface area contributed by atoms with E-state index in [1.165, 1.54) is 20.8 Å². The first-order valence-electron chi connectivity index (χ1n) is 10.9. The summed E-state index contributed by atoms with van der Waals surface area (Å²) in [5, 5.41) is 10.7. The molecule has 1 aliphatic heterocycles. The Morgan fingerprint density at radius 1 is 1.11 bits per heavy atom. The van der Waals surface area contributed by atoms with Crippen LogP contribution in [0.25, 0.3) is 0 Å². The SMILES string of the molecule is CCOC(=O)OCOP(=O)(OCOC(=O)OCC)OCC1(CF)OC(n2ccc(=O)[nH]c2=O)C(C)C1O. The molecule has 0 aliphatic carbocycles. The summed E-state index contributed by atoms with van der Waals surface area (Å²) < 4.78 is 66.8. The second kappa shape index (κ2) is 13.6. The first-order valence-corrected chi connectivity index (χ1v) is 12.3. The number of rotatable bonds is 13. The molecule has 210 valence electrons. The van der Waals surface area contributed by atoms with Crippen molar-refractivity contribution in [1.29, 1.82) is 0 Å². The number of ether oxygens (including phenoxy) is 5. The minimum Gasteiger partial charge on any atom is -0.435 e. The maximum Gasteiger partial charge on any atom is 0.510 e. The van der Waals surface area contributed by atoms with E-state index in [2.05, 4.69) is 18.9 Å². The van der Waals surface area contributed by atoms with Gasteiger partial charge in [0.1, 0.15) is 18.5 Å². The van der Waals surface area contributed by atoms with Gasteiger partial charge in [0, 0.05) is 18.2 Å². The van der Waals surface area contributed by atoms with Crippen LogP contribution in [-0.2, 0) is 41.8 Å². The van der Waals surface area contributed by atoms with E-state index in [0.717, 1.165) is 16.8 Å². The van der Waals surface area contributed by atoms with Crippen LogP contribution < -0.4 is 11.2 Å². The molecule has 0 spiro atoms. The summed E-state index contributed by atoms with van der Waals surface area (Å²) in [5.41, 5.74) is -3.74. The normalized spacial score (nSPS) is 23.4. The van der Waals surface area contributed by atoms with Crippen LogP contribution in [0.3, 0.4) is 0 Å². The minimum atomic E-state index is -4.77. The lowest BCUT2D eigenvalue weighted by atomic mass is 9.92. The van der Waals surface area contributed by atoms with E-state index in [1.54, 1.807) is 0 Å². The number of aromatic nitrogens is 2. The topological polar surface area (TPSA) is 200 Å². The average Bonchev–Trinajstić information content (AvgIpc) is 3.09. The zero-order chi connectivity index (χ0) is 27.6. The van der Waals surface area contributed by atoms with Crippen molar-refractivity contribution in [2.24, 2.45) is 5.92 Å². The first kappa shape index (κ1) is 30.4. The van der Waals surface area contributed by atoms with E-state index in [-0.39, 0.29) is 13.2 Å². The van der Waals surface area contributed by atoms with Gasteiger partial charge in [0.25, 0.3) is 5.56 Å². The van der Waals surface area contributed by atoms with Crippen molar-refractivity contribution in [2.75, 3.05) is 40.1 Å². The molecule has 4 atom stereocenters. The van der Waals surface area contributed by atoms with Crippen LogP contribution >= 0.6 is 7.82 Å². The monoisotopic (exact) mass is 558 g/mol. The van der Waals surface area contributed by atoms with Crippen molar-refractivity contribution < 1.29 is 60.9 Å². The Labute approximate surface area is 209 Å². The highest BCUT2D eigenvalue weighted by atomic mass is 31.2. The van der Waals surface area contributed by atoms with Gasteiger partial charge in [-0.25, -0.2) is 32.4 Å². The number of carbonyl (C=O) groups is 2. The van der Waals surface area contributed by atoms with Crippen LogP contribution in [-0.4, -0.2) is 78.8 Å². The van der Waals surface area contributed by atoms with Crippen molar-refractivity contribution in [1.82, 2.24) is 9.55 Å². The lowest BCUT2D eigenvalue weighted by Gasteiger charge is -2.30. The summed E-state index contributed by atoms with van der Waals surface area (Å²) in [6, 6.07) is 1.03. The molecule has 0 bridgehead atoms. The number of carbonyl (C=O) groups excluding carboxylic acids is 2. The second-order valence-electron chi connectivity index (χ2n) is 7.40. The summed E-state index contributed by atoms with van der Waals surface area (Å²) in [4.78, 5) is 48.2. The van der Waals surface area contributed by atoms with Gasteiger partial charge in [-0.2, -0.15) is 0 Å². The average molecular weight is 558 g/mol. The maximum absolute atomic E-state index is 14.2. The molecule has 1 aliphatic rings. The van der Waals surface area contributed by atoms with Crippen molar-refractivity contribution in [2.45, 2.75) is 38.7 Å². The Morgan fingerprint density at radius 3 is 2.16 bits per heavy atom. The van der Waals surface area contributed by atoms with Crippen molar-refractivity contribution >= 4 is 20.1 Å². The third-order valence-corrected chi connectivity index (χ3v) is 6.25. The van der Waals surface area contributed by atoms with E-state index in [4.69, 9.17) is 18.3 Å². The van der Waals surface area contributed by atoms with Crippen LogP contribution in [0.15, 0.2) is 21.9 Å². The largest absolute Gasteiger partial charge is 0.510 e. The number of aliphatic hydroxyl groups excluding tert-OH is 1. The molecule has 1 saturated heterocycles. The maximum atomic E-state index is 14.2. The Hall–Kier alpha value is -2.82. The quantitative estimate of drug-likeness (QED) is 0.199. The molecule has 0 amide bonds. The Kier molecular flexibility index (Phi) is 11.2. The van der Waals surface area contributed by atoms with Gasteiger partial charge in [-0.3, -0.25) is 18.9 Å². The van der Waals surface area contributed by atoms with Gasteiger partial charge >= 0.3 is 25.8 Å². The molecule has 2 rings (SSSR count). The predicted molar refractivity (Wildman–Crippen MR) is 117 cm³/mol. The van der Waals surface area contributed by atoms with Gasteiger partial charge in [-0.15, -0.1) is 0 Å². The highest BCUT2D eigenvalue weighted by Crippen LogP contribution is 2.52. The van der Waals surface area contributed by atoms with Gasteiger partial charge in [-0.1, -0.05) is 6.92 Å². The van der Waals surface area contributed by atoms with E-state index in [0.29, 0.717) is 0 Å². The molecule has 0 radical (unpaired) electrons. The fourth-order valence-electron chi connectivity index (χ4n) is 3.16. The number of H-pyrrole nitrogens is 1. The number of aromatic amines is 1. The first-order chi connectivity index (χ1) is 17.5. The Bertz CT molecular complexity index is 1050. The molecule has 18 heteroatoms. The molecule has 2 N–H and O–H groups in total. The van der Waals surface area contributed by atoms with Crippen molar-refractivity contribution in [3.05, 3.63) is 33.1 Å². The second-order valence-corrected chi connectivity index (χ2v) is 9.07. The summed E-state index contributed by atoms with van der Waals surface area (Å²) >= 11 is 0. The molecule has 16 nitrogen and oxygen atoms in total. The number of halogens is 1. The van der Waals surface area contributed by atoms with Crippen molar-refractivity contribution in [3.8, 4) is 0 Å². The molecule has 4 unspecified atom stereocenters. The summed E-state index contributed by atoms with van der Waals surface area (Å²) in [7, 11) is -4.77. The molecule has 2 heterocycles. The number of hydrogen-bond acceptors (Lipinski definition) is 14. The van der Waals surface area contributed by atoms with Crippen molar-refractivity contribution in [3.63, 3.8) is 0 Å². The van der Waals surface area contributed by atoms with Gasteiger partial charge in [0.2, 0.25) is 13.6 Å². The van der Waals surface area contributed by atoms with Gasteiger partial charge in [0.05, 0.1) is 25.9 Å². The highest BCUT2D eigenvalue weighted by molar-refractivity contribution is 7.48. The summed E-state index contributed by atoms with van der Waals surface area (Å²) in [5.74, 6) is -0.913. The Balaban J connectivity index is 2.17. The van der Waals surface area contributed by atoms with E-state index in [1.807, 2.05) is 4.98 Å². The number of phosphoric ester groups is 1. The highest BCUT2D eigenvalue weighted by Gasteiger charge is 2.55. The zero-order valence-corrected chi connectivity index (χ0v) is 21.1. The predicted octanol–water partition coefficient (Wildman–Crippen LogP) is 1.19. The molecule has 1 aromatic heterocycles. The molecular weight excluding hydrogens is 530 g/mol. The van der Waals surface area contributed by atoms with Gasteiger partial charge in [-0.05, 0) is 13.8 Å². The van der Waals surface area contributed by atoms with E-state index < -0.39 is 82.1 Å². The molecule has 37 heavy (non-hydrogen) atoms. The minimum absolute atomic E-state index is 0.0249. The van der Waals surface area contributed by atoms with Crippen LogP contribution in [0.1, 0.15) is 27.0 Å². The number of alkyl halides is 1. The van der Waals surface area contributed by atoms with Gasteiger partial charge < -0.3 is 28.8 Å².